The summed E-state index contributed by atoms with van der Waals surface area (Å²) in [5, 5.41) is 5.72. The molecule has 1 aromatic heterocycles. The summed E-state index contributed by atoms with van der Waals surface area (Å²) in [7, 11) is 0. The Bertz CT molecular complexity index is 813. The van der Waals surface area contributed by atoms with Crippen LogP contribution in [0.25, 0.3) is 11.3 Å². The van der Waals surface area contributed by atoms with E-state index in [2.05, 4.69) is 17.2 Å². The molecule has 3 rings (SSSR count). The molecule has 4 nitrogen and oxygen atoms in total. The lowest BCUT2D eigenvalue weighted by Gasteiger charge is -2.07. The molecule has 1 heterocycles. The van der Waals surface area contributed by atoms with Gasteiger partial charge in [-0.1, -0.05) is 49.4 Å². The summed E-state index contributed by atoms with van der Waals surface area (Å²) in [6, 6.07) is 17.8. The summed E-state index contributed by atoms with van der Waals surface area (Å²) in [5.74, 6) is 0.545. The molecule has 1 N–H and O–H groups in total. The van der Waals surface area contributed by atoms with Gasteiger partial charge in [-0.15, -0.1) is 11.3 Å². The number of ether oxygens (including phenoxy) is 1. The van der Waals surface area contributed by atoms with E-state index in [0.29, 0.717) is 12.3 Å². The molecule has 1 amide bonds. The van der Waals surface area contributed by atoms with Crippen molar-refractivity contribution in [1.29, 1.82) is 0 Å². The van der Waals surface area contributed by atoms with Gasteiger partial charge in [-0.25, -0.2) is 4.98 Å². The first kappa shape index (κ1) is 17.2. The van der Waals surface area contributed by atoms with Crippen molar-refractivity contribution in [2.45, 2.75) is 19.9 Å². The Kier molecular flexibility index (Phi) is 5.80. The Balaban J connectivity index is 1.46. The van der Waals surface area contributed by atoms with Crippen molar-refractivity contribution in [2.75, 3.05) is 6.61 Å². The number of carbonyl (C=O) groups excluding carboxylic acids is 1. The second-order valence-electron chi connectivity index (χ2n) is 5.56. The van der Waals surface area contributed by atoms with Crippen LogP contribution in [0.15, 0.2) is 60.0 Å². The molecule has 2 aromatic carbocycles. The summed E-state index contributed by atoms with van der Waals surface area (Å²) in [4.78, 5) is 16.5. The minimum Gasteiger partial charge on any atom is -0.484 e. The van der Waals surface area contributed by atoms with Crippen LogP contribution in [0.2, 0.25) is 0 Å². The predicted molar refractivity (Wildman–Crippen MR) is 101 cm³/mol. The number of aryl methyl sites for hydroxylation is 1. The van der Waals surface area contributed by atoms with Crippen LogP contribution < -0.4 is 10.1 Å². The van der Waals surface area contributed by atoms with Gasteiger partial charge in [0, 0.05) is 10.9 Å². The van der Waals surface area contributed by atoms with Gasteiger partial charge in [-0.05, 0) is 24.1 Å². The molecule has 0 radical (unpaired) electrons. The number of thiazole rings is 1. The normalized spacial score (nSPS) is 10.4. The monoisotopic (exact) mass is 352 g/mol. The van der Waals surface area contributed by atoms with E-state index < -0.39 is 0 Å². The maximum atomic E-state index is 11.9. The molecule has 0 aliphatic rings. The van der Waals surface area contributed by atoms with E-state index in [1.807, 2.05) is 60.0 Å². The zero-order chi connectivity index (χ0) is 17.5. The fourth-order valence-electron chi connectivity index (χ4n) is 2.33. The van der Waals surface area contributed by atoms with E-state index in [0.717, 1.165) is 22.7 Å². The lowest BCUT2D eigenvalue weighted by Crippen LogP contribution is -2.28. The van der Waals surface area contributed by atoms with Crippen molar-refractivity contribution >= 4 is 17.2 Å². The Labute approximate surface area is 151 Å². The second kappa shape index (κ2) is 8.44. The number of rotatable bonds is 7. The molecule has 0 saturated carbocycles. The van der Waals surface area contributed by atoms with Gasteiger partial charge >= 0.3 is 0 Å². The fraction of sp³-hybridized carbons (Fsp3) is 0.200. The molecular weight excluding hydrogens is 332 g/mol. The molecule has 0 unspecified atom stereocenters. The van der Waals surface area contributed by atoms with Crippen molar-refractivity contribution in [3.63, 3.8) is 0 Å². The summed E-state index contributed by atoms with van der Waals surface area (Å²) in [6.45, 7) is 2.52. The van der Waals surface area contributed by atoms with Gasteiger partial charge in [0.15, 0.2) is 6.61 Å². The van der Waals surface area contributed by atoms with Gasteiger partial charge in [0.05, 0.1) is 12.2 Å². The Morgan fingerprint density at radius 1 is 1.12 bits per heavy atom. The summed E-state index contributed by atoms with van der Waals surface area (Å²) >= 11 is 1.54. The molecule has 0 aliphatic heterocycles. The molecule has 0 spiro atoms. The molecule has 25 heavy (non-hydrogen) atoms. The van der Waals surface area contributed by atoms with E-state index in [1.54, 1.807) is 0 Å². The molecule has 0 aliphatic carbocycles. The molecule has 0 atom stereocenters. The van der Waals surface area contributed by atoms with Crippen LogP contribution in [0.1, 0.15) is 17.5 Å². The number of amides is 1. The van der Waals surface area contributed by atoms with Gasteiger partial charge < -0.3 is 10.1 Å². The Morgan fingerprint density at radius 2 is 1.88 bits per heavy atom. The van der Waals surface area contributed by atoms with Crippen LogP contribution in [0.3, 0.4) is 0 Å². The Morgan fingerprint density at radius 3 is 2.60 bits per heavy atom. The van der Waals surface area contributed by atoms with Crippen molar-refractivity contribution in [2.24, 2.45) is 0 Å². The quantitative estimate of drug-likeness (QED) is 0.697. The highest BCUT2D eigenvalue weighted by molar-refractivity contribution is 7.09. The van der Waals surface area contributed by atoms with Crippen LogP contribution in [-0.2, 0) is 17.8 Å². The van der Waals surface area contributed by atoms with Crippen molar-refractivity contribution < 1.29 is 9.53 Å². The number of nitrogens with zero attached hydrogens (tertiary/aromatic N) is 1. The van der Waals surface area contributed by atoms with Gasteiger partial charge in [-0.3, -0.25) is 4.79 Å². The molecule has 128 valence electrons. The number of carbonyl (C=O) groups is 1. The third-order valence-corrected chi connectivity index (χ3v) is 4.61. The molecule has 5 heteroatoms. The standard InChI is InChI=1S/C20H20N2O2S/c1-2-15-8-10-17(11-9-15)24-13-19(23)21-12-20-22-18(14-25-20)16-6-4-3-5-7-16/h3-11,14H,2,12-13H2,1H3,(H,21,23). The molecule has 3 aromatic rings. The average molecular weight is 352 g/mol. The third-order valence-electron chi connectivity index (χ3n) is 3.76. The van der Waals surface area contributed by atoms with E-state index in [1.165, 1.54) is 16.9 Å². The van der Waals surface area contributed by atoms with Crippen LogP contribution in [-0.4, -0.2) is 17.5 Å². The zero-order valence-electron chi connectivity index (χ0n) is 14.1. The van der Waals surface area contributed by atoms with Gasteiger partial charge in [-0.2, -0.15) is 0 Å². The predicted octanol–water partition coefficient (Wildman–Crippen LogP) is 4.07. The molecule has 0 saturated heterocycles. The van der Waals surface area contributed by atoms with Gasteiger partial charge in [0.25, 0.3) is 5.91 Å². The number of aromatic nitrogens is 1. The minimum absolute atomic E-state index is 0.00237. The van der Waals surface area contributed by atoms with E-state index in [-0.39, 0.29) is 12.5 Å². The smallest absolute Gasteiger partial charge is 0.258 e. The van der Waals surface area contributed by atoms with Crippen LogP contribution in [0, 0.1) is 0 Å². The minimum atomic E-state index is -0.156. The van der Waals surface area contributed by atoms with Gasteiger partial charge in [0.1, 0.15) is 10.8 Å². The maximum absolute atomic E-state index is 11.9. The topological polar surface area (TPSA) is 51.2 Å². The Hall–Kier alpha value is -2.66. The number of hydrogen-bond acceptors (Lipinski definition) is 4. The SMILES string of the molecule is CCc1ccc(OCC(=O)NCc2nc(-c3ccccc3)cs2)cc1. The van der Waals surface area contributed by atoms with Crippen molar-refractivity contribution in [3.05, 3.63) is 70.5 Å². The fourth-order valence-corrected chi connectivity index (χ4v) is 3.07. The highest BCUT2D eigenvalue weighted by Gasteiger charge is 2.07. The largest absolute Gasteiger partial charge is 0.484 e. The van der Waals surface area contributed by atoms with Crippen LogP contribution >= 0.6 is 11.3 Å². The third kappa shape index (κ3) is 4.90. The van der Waals surface area contributed by atoms with E-state index in [4.69, 9.17) is 4.74 Å². The maximum Gasteiger partial charge on any atom is 0.258 e. The average Bonchev–Trinajstić information content (AvgIpc) is 3.15. The summed E-state index contributed by atoms with van der Waals surface area (Å²) in [5.41, 5.74) is 3.26. The first-order chi connectivity index (χ1) is 12.2. The lowest BCUT2D eigenvalue weighted by atomic mass is 10.2. The molecule has 0 bridgehead atoms. The lowest BCUT2D eigenvalue weighted by molar-refractivity contribution is -0.123. The highest BCUT2D eigenvalue weighted by atomic mass is 32.1. The first-order valence-corrected chi connectivity index (χ1v) is 9.11. The molecular formula is C20H20N2O2S. The highest BCUT2D eigenvalue weighted by Crippen LogP contribution is 2.21. The first-order valence-electron chi connectivity index (χ1n) is 8.23. The zero-order valence-corrected chi connectivity index (χ0v) is 14.9. The summed E-state index contributed by atoms with van der Waals surface area (Å²) in [6.07, 6.45) is 0.986. The van der Waals surface area contributed by atoms with Crippen LogP contribution in [0.4, 0.5) is 0 Å². The van der Waals surface area contributed by atoms with E-state index in [9.17, 15) is 4.79 Å². The van der Waals surface area contributed by atoms with Crippen molar-refractivity contribution in [1.82, 2.24) is 10.3 Å². The van der Waals surface area contributed by atoms with Gasteiger partial charge in [0.2, 0.25) is 0 Å². The van der Waals surface area contributed by atoms with E-state index >= 15 is 0 Å². The molecule has 0 fully saturated rings. The number of benzene rings is 2. The second-order valence-corrected chi connectivity index (χ2v) is 6.50. The number of hydrogen-bond donors (Lipinski definition) is 1. The van der Waals surface area contributed by atoms with Crippen LogP contribution in [0.5, 0.6) is 5.75 Å². The number of nitrogens with one attached hydrogen (secondary N) is 1. The summed E-state index contributed by atoms with van der Waals surface area (Å²) < 4.78 is 5.50. The van der Waals surface area contributed by atoms with Crippen molar-refractivity contribution in [3.8, 4) is 17.0 Å².